The average Bonchev–Trinajstić information content (AvgIpc) is 2.85. The minimum Gasteiger partial charge on any atom is -0.396 e. The van der Waals surface area contributed by atoms with Gasteiger partial charge in [-0.2, -0.15) is 0 Å². The summed E-state index contributed by atoms with van der Waals surface area (Å²) in [4.78, 5) is 0. The summed E-state index contributed by atoms with van der Waals surface area (Å²) in [6, 6.07) is 0. The van der Waals surface area contributed by atoms with Crippen LogP contribution in [0.4, 0.5) is 0 Å². The predicted octanol–water partition coefficient (Wildman–Crippen LogP) is 7.43. The van der Waals surface area contributed by atoms with Gasteiger partial charge in [-0.25, -0.2) is 0 Å². The Labute approximate surface area is 212 Å². The van der Waals surface area contributed by atoms with Crippen LogP contribution in [0.25, 0.3) is 0 Å². The van der Waals surface area contributed by atoms with Gasteiger partial charge in [-0.1, -0.05) is 96.3 Å². The molecule has 0 fully saturated rings. The molecule has 3 N–H and O–H groups in total. The lowest BCUT2D eigenvalue weighted by atomic mass is 10.1. The van der Waals surface area contributed by atoms with E-state index in [1.54, 1.807) is 0 Å². The molecule has 0 aliphatic carbocycles. The van der Waals surface area contributed by atoms with Crippen LogP contribution in [0.1, 0.15) is 135 Å². The summed E-state index contributed by atoms with van der Waals surface area (Å²) >= 11 is 0. The van der Waals surface area contributed by atoms with E-state index in [0.717, 1.165) is 57.8 Å². The van der Waals surface area contributed by atoms with E-state index < -0.39 is 8.60 Å². The molecule has 7 heteroatoms. The highest BCUT2D eigenvalue weighted by Gasteiger charge is 2.12. The number of hydrogen-bond acceptors (Lipinski definition) is 6. The van der Waals surface area contributed by atoms with E-state index in [-0.39, 0.29) is 0 Å². The second-order valence-electron chi connectivity index (χ2n) is 9.32. The first-order chi connectivity index (χ1) is 16.8. The van der Waals surface area contributed by atoms with Gasteiger partial charge in [0.25, 0.3) is 0 Å². The molecule has 0 unspecified atom stereocenters. The first-order valence-electron chi connectivity index (χ1n) is 14.4. The molecule has 34 heavy (non-hydrogen) atoms. The molecule has 0 aromatic heterocycles. The molecule has 0 aromatic rings. The summed E-state index contributed by atoms with van der Waals surface area (Å²) in [6.45, 7) is 3.06. The molecule has 0 heterocycles. The van der Waals surface area contributed by atoms with Crippen LogP contribution in [0.15, 0.2) is 0 Å². The Morgan fingerprint density at radius 1 is 0.294 bits per heavy atom. The molecule has 0 atom stereocenters. The van der Waals surface area contributed by atoms with Crippen LogP contribution in [0.2, 0.25) is 0 Å². The summed E-state index contributed by atoms with van der Waals surface area (Å²) in [5.74, 6) is 0. The normalized spacial score (nSPS) is 11.6. The number of unbranched alkanes of at least 4 members (excludes halogenated alkanes) is 18. The maximum Gasteiger partial charge on any atom is 0.332 e. The molecule has 0 bridgehead atoms. The Hall–Kier alpha value is 0.190. The molecule has 0 saturated heterocycles. The first-order valence-corrected chi connectivity index (χ1v) is 15.5. The van der Waals surface area contributed by atoms with Crippen molar-refractivity contribution in [3.05, 3.63) is 0 Å². The van der Waals surface area contributed by atoms with Crippen molar-refractivity contribution in [3.63, 3.8) is 0 Å². The van der Waals surface area contributed by atoms with Gasteiger partial charge in [-0.3, -0.25) is 0 Å². The monoisotopic (exact) mass is 508 g/mol. The van der Waals surface area contributed by atoms with E-state index in [0.29, 0.717) is 39.6 Å². The van der Waals surface area contributed by atoms with Crippen LogP contribution in [0, 0.1) is 0 Å². The second kappa shape index (κ2) is 31.2. The fourth-order valence-electron chi connectivity index (χ4n) is 3.82. The third-order valence-corrected chi connectivity index (χ3v) is 7.18. The molecule has 0 aliphatic heterocycles. The summed E-state index contributed by atoms with van der Waals surface area (Å²) in [6.07, 6.45) is 23.9. The molecule has 6 nitrogen and oxygen atoms in total. The van der Waals surface area contributed by atoms with Crippen molar-refractivity contribution in [2.24, 2.45) is 0 Å². The lowest BCUT2D eigenvalue weighted by Crippen LogP contribution is -2.01. The van der Waals surface area contributed by atoms with Crippen molar-refractivity contribution in [3.8, 4) is 0 Å². The van der Waals surface area contributed by atoms with Crippen molar-refractivity contribution in [2.75, 3.05) is 39.6 Å². The van der Waals surface area contributed by atoms with E-state index >= 15 is 0 Å². The zero-order valence-electron chi connectivity index (χ0n) is 22.1. The largest absolute Gasteiger partial charge is 0.396 e. The molecule has 0 aromatic carbocycles. The van der Waals surface area contributed by atoms with E-state index in [4.69, 9.17) is 28.9 Å². The highest BCUT2D eigenvalue weighted by Crippen LogP contribution is 2.40. The maximum absolute atomic E-state index is 8.82. The van der Waals surface area contributed by atoms with Crippen molar-refractivity contribution in [2.45, 2.75) is 135 Å². The maximum atomic E-state index is 8.82. The minimum absolute atomic E-state index is 0.312. The summed E-state index contributed by atoms with van der Waals surface area (Å²) in [5, 5.41) is 26.5. The van der Waals surface area contributed by atoms with Crippen molar-refractivity contribution in [1.29, 1.82) is 0 Å². The van der Waals surface area contributed by atoms with E-state index in [9.17, 15) is 0 Å². The van der Waals surface area contributed by atoms with Gasteiger partial charge in [0.1, 0.15) is 0 Å². The van der Waals surface area contributed by atoms with E-state index in [2.05, 4.69) is 0 Å². The molecule has 0 aliphatic rings. The number of aliphatic hydroxyl groups is 3. The average molecular weight is 509 g/mol. The number of hydrogen-bond donors (Lipinski definition) is 3. The van der Waals surface area contributed by atoms with Gasteiger partial charge >= 0.3 is 8.60 Å². The highest BCUT2D eigenvalue weighted by molar-refractivity contribution is 7.41. The molecular formula is C27H57O6P. The fourth-order valence-corrected chi connectivity index (χ4v) is 4.88. The Balaban J connectivity index is 3.85. The van der Waals surface area contributed by atoms with Gasteiger partial charge in [0.15, 0.2) is 0 Å². The van der Waals surface area contributed by atoms with Crippen LogP contribution in [0.5, 0.6) is 0 Å². The Kier molecular flexibility index (Phi) is 31.4. The molecule has 0 spiro atoms. The lowest BCUT2D eigenvalue weighted by molar-refractivity contribution is 0.153. The van der Waals surface area contributed by atoms with Crippen LogP contribution >= 0.6 is 8.60 Å². The van der Waals surface area contributed by atoms with Crippen molar-refractivity contribution < 1.29 is 28.9 Å². The summed E-state index contributed by atoms with van der Waals surface area (Å²) < 4.78 is 17.9. The fraction of sp³-hybridized carbons (Fsp3) is 1.00. The third kappa shape index (κ3) is 28.4. The third-order valence-electron chi connectivity index (χ3n) is 6.00. The number of aliphatic hydroxyl groups excluding tert-OH is 3. The standard InChI is InChI=1S/C27H57O6P/c28-22-16-10-4-1-7-13-19-25-31-34(32-26-20-14-8-2-5-11-17-23-29)33-27-21-15-9-3-6-12-18-24-30/h28-30H,1-27H2. The van der Waals surface area contributed by atoms with E-state index in [1.165, 1.54) is 77.0 Å². The molecular weight excluding hydrogens is 451 g/mol. The molecule has 0 radical (unpaired) electrons. The SMILES string of the molecule is OCCCCCCCCCOP(OCCCCCCCCCO)OCCCCCCCCCO. The molecule has 206 valence electrons. The first kappa shape index (κ1) is 34.2. The summed E-state index contributed by atoms with van der Waals surface area (Å²) in [7, 11) is -1.24. The van der Waals surface area contributed by atoms with Crippen LogP contribution < -0.4 is 0 Å². The Bertz CT molecular complexity index is 310. The zero-order valence-corrected chi connectivity index (χ0v) is 23.0. The Morgan fingerprint density at radius 2 is 0.500 bits per heavy atom. The van der Waals surface area contributed by atoms with Gasteiger partial charge < -0.3 is 28.9 Å². The summed E-state index contributed by atoms with van der Waals surface area (Å²) in [5.41, 5.74) is 0. The lowest BCUT2D eigenvalue weighted by Gasteiger charge is -2.17. The quantitative estimate of drug-likeness (QED) is 0.0690. The van der Waals surface area contributed by atoms with Crippen LogP contribution in [-0.4, -0.2) is 55.0 Å². The van der Waals surface area contributed by atoms with Gasteiger partial charge in [0.05, 0.1) is 19.8 Å². The predicted molar refractivity (Wildman–Crippen MR) is 143 cm³/mol. The van der Waals surface area contributed by atoms with Crippen molar-refractivity contribution in [1.82, 2.24) is 0 Å². The Morgan fingerprint density at radius 3 is 0.735 bits per heavy atom. The highest BCUT2D eigenvalue weighted by atomic mass is 31.2. The van der Waals surface area contributed by atoms with Crippen molar-refractivity contribution >= 4 is 8.60 Å². The second-order valence-corrected chi connectivity index (χ2v) is 10.5. The smallest absolute Gasteiger partial charge is 0.332 e. The molecule has 0 saturated carbocycles. The topological polar surface area (TPSA) is 88.4 Å². The van der Waals surface area contributed by atoms with Gasteiger partial charge in [0.2, 0.25) is 0 Å². The molecule has 0 amide bonds. The minimum atomic E-state index is -1.24. The van der Waals surface area contributed by atoms with Gasteiger partial charge in [-0.05, 0) is 38.5 Å². The van der Waals surface area contributed by atoms with Crippen LogP contribution in [0.3, 0.4) is 0 Å². The van der Waals surface area contributed by atoms with Crippen LogP contribution in [-0.2, 0) is 13.6 Å². The molecule has 0 rings (SSSR count). The zero-order chi connectivity index (χ0) is 24.8. The van der Waals surface area contributed by atoms with E-state index in [1.807, 2.05) is 0 Å². The van der Waals surface area contributed by atoms with Gasteiger partial charge in [-0.15, -0.1) is 0 Å². The van der Waals surface area contributed by atoms with Gasteiger partial charge in [0, 0.05) is 19.8 Å². The number of rotatable bonds is 30.